The zero-order valence-corrected chi connectivity index (χ0v) is 13.9. The number of rotatable bonds is 5. The zero-order valence-electron chi connectivity index (χ0n) is 12.2. The van der Waals surface area contributed by atoms with Crippen molar-refractivity contribution in [2.24, 2.45) is 0 Å². The van der Waals surface area contributed by atoms with Crippen molar-refractivity contribution < 1.29 is 9.72 Å². The monoisotopic (exact) mass is 338 g/mol. The Labute approximate surface area is 135 Å². The largest absolute Gasteiger partial charge is 0.320 e. The fourth-order valence-electron chi connectivity index (χ4n) is 1.70. The number of nitrogens with zero attached hydrogens (tertiary/aromatic N) is 3. The molecule has 2 aromatic rings. The first kappa shape index (κ1) is 16.4. The molecule has 1 aromatic carbocycles. The van der Waals surface area contributed by atoms with Gasteiger partial charge in [-0.3, -0.25) is 14.9 Å². The van der Waals surface area contributed by atoms with E-state index in [0.29, 0.717) is 4.34 Å². The minimum Gasteiger partial charge on any atom is -0.320 e. The number of hydrogen-bond donors (Lipinski definition) is 1. The summed E-state index contributed by atoms with van der Waals surface area (Å²) in [7, 11) is 0. The SMILES string of the molecule is Cc1nnc(SCC(=O)Nc2cc(C)c(C)cc2[N+](=O)[O-])s1. The lowest BCUT2D eigenvalue weighted by molar-refractivity contribution is -0.384. The minimum atomic E-state index is -0.497. The molecule has 0 bridgehead atoms. The summed E-state index contributed by atoms with van der Waals surface area (Å²) in [5, 5.41) is 22.3. The minimum absolute atomic E-state index is 0.104. The number of aromatic nitrogens is 2. The van der Waals surface area contributed by atoms with Gasteiger partial charge in [0.15, 0.2) is 4.34 Å². The van der Waals surface area contributed by atoms with Gasteiger partial charge in [-0.1, -0.05) is 23.1 Å². The van der Waals surface area contributed by atoms with Gasteiger partial charge in [0.1, 0.15) is 10.7 Å². The number of aryl methyl sites for hydroxylation is 3. The first-order valence-corrected chi connectivity index (χ1v) is 8.15. The number of carbonyl (C=O) groups is 1. The van der Waals surface area contributed by atoms with Crippen LogP contribution < -0.4 is 5.32 Å². The zero-order chi connectivity index (χ0) is 16.3. The van der Waals surface area contributed by atoms with Gasteiger partial charge in [-0.2, -0.15) is 0 Å². The number of amides is 1. The number of nitro benzene ring substituents is 1. The first-order chi connectivity index (χ1) is 10.4. The van der Waals surface area contributed by atoms with E-state index in [0.717, 1.165) is 16.1 Å². The van der Waals surface area contributed by atoms with Crippen LogP contribution in [0.3, 0.4) is 0 Å². The summed E-state index contributed by atoms with van der Waals surface area (Å²) in [6, 6.07) is 3.08. The summed E-state index contributed by atoms with van der Waals surface area (Å²) in [5.74, 6) is -0.192. The van der Waals surface area contributed by atoms with E-state index < -0.39 is 4.92 Å². The Morgan fingerprint density at radius 2 is 2.00 bits per heavy atom. The highest BCUT2D eigenvalue weighted by Gasteiger charge is 2.18. The van der Waals surface area contributed by atoms with E-state index in [1.165, 1.54) is 29.2 Å². The first-order valence-electron chi connectivity index (χ1n) is 6.35. The molecular formula is C13H14N4O3S2. The molecule has 116 valence electrons. The van der Waals surface area contributed by atoms with Crippen molar-refractivity contribution in [1.29, 1.82) is 0 Å². The number of hydrogen-bond acceptors (Lipinski definition) is 7. The number of carbonyl (C=O) groups excluding carboxylic acids is 1. The molecule has 0 fully saturated rings. The summed E-state index contributed by atoms with van der Waals surface area (Å²) in [5.41, 5.74) is 1.80. The lowest BCUT2D eigenvalue weighted by Crippen LogP contribution is -2.15. The molecule has 0 aliphatic heterocycles. The molecule has 0 radical (unpaired) electrons. The average Bonchev–Trinajstić information content (AvgIpc) is 2.86. The van der Waals surface area contributed by atoms with Gasteiger partial charge >= 0.3 is 0 Å². The molecule has 0 aliphatic rings. The predicted molar refractivity (Wildman–Crippen MR) is 86.6 cm³/mol. The molecule has 2 rings (SSSR count). The molecule has 0 atom stereocenters. The predicted octanol–water partition coefficient (Wildman–Crippen LogP) is 3.10. The summed E-state index contributed by atoms with van der Waals surface area (Å²) in [6.45, 7) is 5.47. The molecule has 7 nitrogen and oxygen atoms in total. The van der Waals surface area contributed by atoms with Crippen LogP contribution in [-0.4, -0.2) is 26.8 Å². The molecule has 0 spiro atoms. The fourth-order valence-corrected chi connectivity index (χ4v) is 3.32. The van der Waals surface area contributed by atoms with E-state index in [1.54, 1.807) is 13.0 Å². The van der Waals surface area contributed by atoms with Gasteiger partial charge in [0.05, 0.1) is 10.7 Å². The van der Waals surface area contributed by atoms with E-state index >= 15 is 0 Å². The van der Waals surface area contributed by atoms with Gasteiger partial charge in [-0.05, 0) is 38.0 Å². The summed E-state index contributed by atoms with van der Waals surface area (Å²) >= 11 is 2.65. The van der Waals surface area contributed by atoms with Crippen LogP contribution in [0, 0.1) is 30.9 Å². The second-order valence-corrected chi connectivity index (χ2v) is 7.04. The lowest BCUT2D eigenvalue weighted by Gasteiger charge is -2.08. The van der Waals surface area contributed by atoms with E-state index in [1.807, 2.05) is 13.8 Å². The molecule has 0 saturated carbocycles. The second kappa shape index (κ2) is 6.84. The highest BCUT2D eigenvalue weighted by Crippen LogP contribution is 2.28. The third-order valence-electron chi connectivity index (χ3n) is 2.92. The molecule has 1 N–H and O–H groups in total. The van der Waals surface area contributed by atoms with Crippen molar-refractivity contribution in [3.05, 3.63) is 38.4 Å². The normalized spacial score (nSPS) is 10.5. The van der Waals surface area contributed by atoms with Crippen LogP contribution in [0.1, 0.15) is 16.1 Å². The highest BCUT2D eigenvalue weighted by atomic mass is 32.2. The molecule has 9 heteroatoms. The number of nitro groups is 1. The Morgan fingerprint density at radius 1 is 1.32 bits per heavy atom. The fraction of sp³-hybridized carbons (Fsp3) is 0.308. The van der Waals surface area contributed by atoms with Crippen molar-refractivity contribution >= 4 is 40.4 Å². The number of nitrogens with one attached hydrogen (secondary N) is 1. The van der Waals surface area contributed by atoms with Crippen molar-refractivity contribution in [1.82, 2.24) is 10.2 Å². The molecule has 0 saturated heterocycles. The number of thioether (sulfide) groups is 1. The maximum Gasteiger partial charge on any atom is 0.293 e. The molecule has 0 aliphatic carbocycles. The van der Waals surface area contributed by atoms with E-state index in [-0.39, 0.29) is 23.0 Å². The quantitative estimate of drug-likeness (QED) is 0.511. The standard InChI is InChI=1S/C13H14N4O3S2/c1-7-4-10(11(17(19)20)5-8(7)2)14-12(18)6-21-13-16-15-9(3)22-13/h4-5H,6H2,1-3H3,(H,14,18). The van der Waals surface area contributed by atoms with Gasteiger partial charge in [0.25, 0.3) is 5.69 Å². The van der Waals surface area contributed by atoms with Crippen molar-refractivity contribution in [2.75, 3.05) is 11.1 Å². The third kappa shape index (κ3) is 4.01. The van der Waals surface area contributed by atoms with Crippen LogP contribution in [-0.2, 0) is 4.79 Å². The van der Waals surface area contributed by atoms with E-state index in [4.69, 9.17) is 0 Å². The molecule has 22 heavy (non-hydrogen) atoms. The lowest BCUT2D eigenvalue weighted by atomic mass is 10.1. The average molecular weight is 338 g/mol. The van der Waals surface area contributed by atoms with Gasteiger partial charge < -0.3 is 5.32 Å². The topological polar surface area (TPSA) is 98.0 Å². The molecule has 1 heterocycles. The summed E-state index contributed by atoms with van der Waals surface area (Å²) in [6.07, 6.45) is 0. The highest BCUT2D eigenvalue weighted by molar-refractivity contribution is 8.01. The van der Waals surface area contributed by atoms with Crippen LogP contribution in [0.2, 0.25) is 0 Å². The smallest absolute Gasteiger partial charge is 0.293 e. The van der Waals surface area contributed by atoms with Gasteiger partial charge in [-0.15, -0.1) is 10.2 Å². The Morgan fingerprint density at radius 3 is 2.59 bits per heavy atom. The van der Waals surface area contributed by atoms with Gasteiger partial charge in [0.2, 0.25) is 5.91 Å². The van der Waals surface area contributed by atoms with E-state index in [2.05, 4.69) is 15.5 Å². The van der Waals surface area contributed by atoms with Crippen LogP contribution in [0.25, 0.3) is 0 Å². The van der Waals surface area contributed by atoms with Crippen molar-refractivity contribution in [2.45, 2.75) is 25.1 Å². The van der Waals surface area contributed by atoms with Crippen LogP contribution in [0.5, 0.6) is 0 Å². The van der Waals surface area contributed by atoms with Gasteiger partial charge in [-0.25, -0.2) is 0 Å². The van der Waals surface area contributed by atoms with Crippen molar-refractivity contribution in [3.8, 4) is 0 Å². The number of anilines is 1. The second-order valence-electron chi connectivity index (χ2n) is 4.63. The van der Waals surface area contributed by atoms with Crippen LogP contribution in [0.15, 0.2) is 16.5 Å². The molecule has 1 aromatic heterocycles. The van der Waals surface area contributed by atoms with Crippen molar-refractivity contribution in [3.63, 3.8) is 0 Å². The van der Waals surface area contributed by atoms with Gasteiger partial charge in [0, 0.05) is 6.07 Å². The third-order valence-corrected chi connectivity index (χ3v) is 4.89. The molecule has 1 amide bonds. The molecular weight excluding hydrogens is 324 g/mol. The maximum absolute atomic E-state index is 12.0. The van der Waals surface area contributed by atoms with Crippen LogP contribution >= 0.6 is 23.1 Å². The Bertz CT molecular complexity index is 730. The maximum atomic E-state index is 12.0. The van der Waals surface area contributed by atoms with Crippen LogP contribution in [0.4, 0.5) is 11.4 Å². The summed E-state index contributed by atoms with van der Waals surface area (Å²) in [4.78, 5) is 22.6. The number of benzene rings is 1. The Kier molecular flexibility index (Phi) is 5.09. The summed E-state index contributed by atoms with van der Waals surface area (Å²) < 4.78 is 0.697. The van der Waals surface area contributed by atoms with E-state index in [9.17, 15) is 14.9 Å². The Hall–Kier alpha value is -2.00. The molecule has 0 unspecified atom stereocenters. The Balaban J connectivity index is 2.07.